The highest BCUT2D eigenvalue weighted by atomic mass is 35.5. The average Bonchev–Trinajstić information content (AvgIpc) is 3.40. The number of urea groups is 1. The number of ether oxygens (including phenoxy) is 1. The molecule has 8 nitrogen and oxygen atoms in total. The Morgan fingerprint density at radius 1 is 1.29 bits per heavy atom. The van der Waals surface area contributed by atoms with Gasteiger partial charge in [0.1, 0.15) is 11.6 Å². The zero-order valence-electron chi connectivity index (χ0n) is 17.3. The van der Waals surface area contributed by atoms with Crippen LogP contribution < -0.4 is 20.9 Å². The molecule has 0 unspecified atom stereocenters. The molecule has 2 fully saturated rings. The highest BCUT2D eigenvalue weighted by Crippen LogP contribution is 2.31. The van der Waals surface area contributed by atoms with Gasteiger partial charge in [0.2, 0.25) is 0 Å². The second-order valence-corrected chi connectivity index (χ2v) is 8.08. The van der Waals surface area contributed by atoms with Gasteiger partial charge < -0.3 is 25.6 Å². The number of amides is 2. The van der Waals surface area contributed by atoms with Gasteiger partial charge in [-0.05, 0) is 38.0 Å². The molecule has 3 N–H and O–H groups in total. The molecule has 1 aliphatic carbocycles. The SMILES string of the molecule is C[C@H]1COCCN1c1nc(-c2ccc(NC(=O)NC3CC3)cc2F)nc2c1CNC2.Cl. The van der Waals surface area contributed by atoms with E-state index in [1.807, 2.05) is 0 Å². The van der Waals surface area contributed by atoms with E-state index in [-0.39, 0.29) is 30.5 Å². The van der Waals surface area contributed by atoms with Gasteiger partial charge in [-0.25, -0.2) is 19.2 Å². The van der Waals surface area contributed by atoms with Gasteiger partial charge in [0.15, 0.2) is 5.82 Å². The summed E-state index contributed by atoms with van der Waals surface area (Å²) in [5.41, 5.74) is 2.70. The summed E-state index contributed by atoms with van der Waals surface area (Å²) in [4.78, 5) is 23.5. The summed E-state index contributed by atoms with van der Waals surface area (Å²) in [6.45, 7) is 5.47. The smallest absolute Gasteiger partial charge is 0.319 e. The molecule has 31 heavy (non-hydrogen) atoms. The Hall–Kier alpha value is -2.49. The number of aromatic nitrogens is 2. The molecule has 0 spiro atoms. The first kappa shape index (κ1) is 21.7. The number of benzene rings is 1. The summed E-state index contributed by atoms with van der Waals surface area (Å²) in [6, 6.07) is 4.73. The lowest BCUT2D eigenvalue weighted by Gasteiger charge is -2.35. The Morgan fingerprint density at radius 3 is 2.87 bits per heavy atom. The maximum atomic E-state index is 15.0. The fourth-order valence-electron chi connectivity index (χ4n) is 3.90. The quantitative estimate of drug-likeness (QED) is 0.666. The first-order valence-electron chi connectivity index (χ1n) is 10.4. The second-order valence-electron chi connectivity index (χ2n) is 8.08. The Kier molecular flexibility index (Phi) is 6.27. The van der Waals surface area contributed by atoms with Crippen LogP contribution in [0.15, 0.2) is 18.2 Å². The molecule has 2 aliphatic heterocycles. The zero-order chi connectivity index (χ0) is 20.7. The van der Waals surface area contributed by atoms with Gasteiger partial charge in [0, 0.05) is 36.9 Å². The first-order chi connectivity index (χ1) is 14.6. The Balaban J connectivity index is 0.00000231. The number of morpholine rings is 1. The van der Waals surface area contributed by atoms with Gasteiger partial charge in [0.25, 0.3) is 0 Å². The number of carbonyl (C=O) groups is 1. The second kappa shape index (κ2) is 8.94. The van der Waals surface area contributed by atoms with Crippen LogP contribution in [0.2, 0.25) is 0 Å². The third kappa shape index (κ3) is 4.58. The van der Waals surface area contributed by atoms with E-state index >= 15 is 0 Å². The van der Waals surface area contributed by atoms with Crippen LogP contribution in [0.1, 0.15) is 31.0 Å². The van der Waals surface area contributed by atoms with Gasteiger partial charge in [-0.3, -0.25) is 0 Å². The third-order valence-corrected chi connectivity index (χ3v) is 5.69. The van der Waals surface area contributed by atoms with Gasteiger partial charge in [-0.1, -0.05) is 0 Å². The standard InChI is InChI=1S/C21H25FN6O2.ClH/c1-12-11-30-7-6-28(12)20-16-9-23-10-18(16)26-19(27-20)15-5-4-14(8-17(15)22)25-21(29)24-13-2-3-13;/h4-5,8,12-13,23H,2-3,6-7,9-11H2,1H3,(H2,24,25,29);1H/t12-;/m0./s1. The van der Waals surface area contributed by atoms with Crippen molar-refractivity contribution in [2.45, 2.75) is 44.9 Å². The Bertz CT molecular complexity index is 987. The van der Waals surface area contributed by atoms with Crippen molar-refractivity contribution >= 4 is 29.9 Å². The molecule has 0 radical (unpaired) electrons. The molecule has 5 rings (SSSR count). The maximum absolute atomic E-state index is 15.0. The van der Waals surface area contributed by atoms with Crippen LogP contribution >= 0.6 is 12.4 Å². The topological polar surface area (TPSA) is 91.4 Å². The van der Waals surface area contributed by atoms with Gasteiger partial charge >= 0.3 is 6.03 Å². The van der Waals surface area contributed by atoms with E-state index < -0.39 is 5.82 Å². The van der Waals surface area contributed by atoms with Crippen molar-refractivity contribution in [3.05, 3.63) is 35.3 Å². The molecule has 2 aromatic rings. The summed E-state index contributed by atoms with van der Waals surface area (Å²) >= 11 is 0. The fraction of sp³-hybridized carbons (Fsp3) is 0.476. The van der Waals surface area contributed by atoms with Crippen LogP contribution in [0.3, 0.4) is 0 Å². The minimum absolute atomic E-state index is 0. The number of carbonyl (C=O) groups excluding carboxylic acids is 1. The van der Waals surface area contributed by atoms with Crippen molar-refractivity contribution in [1.29, 1.82) is 0 Å². The van der Waals surface area contributed by atoms with Crippen LogP contribution in [0.4, 0.5) is 20.7 Å². The van der Waals surface area contributed by atoms with E-state index in [0.29, 0.717) is 43.4 Å². The zero-order valence-corrected chi connectivity index (χ0v) is 18.1. The number of hydrogen-bond donors (Lipinski definition) is 3. The molecule has 1 saturated carbocycles. The molecule has 1 atom stereocenters. The summed E-state index contributed by atoms with van der Waals surface area (Å²) in [5, 5.41) is 8.82. The number of fused-ring (bicyclic) bond motifs is 1. The van der Waals surface area contributed by atoms with Crippen LogP contribution in [-0.4, -0.2) is 47.8 Å². The summed E-state index contributed by atoms with van der Waals surface area (Å²) in [6.07, 6.45) is 1.99. The van der Waals surface area contributed by atoms with Crippen LogP contribution in [0, 0.1) is 5.82 Å². The normalized spacial score (nSPS) is 20.1. The molecule has 1 saturated heterocycles. The highest BCUT2D eigenvalue weighted by molar-refractivity contribution is 5.90. The number of nitrogens with one attached hydrogen (secondary N) is 3. The fourth-order valence-corrected chi connectivity index (χ4v) is 3.90. The van der Waals surface area contributed by atoms with Gasteiger partial charge in [-0.2, -0.15) is 0 Å². The predicted octanol–water partition coefficient (Wildman–Crippen LogP) is 2.82. The van der Waals surface area contributed by atoms with E-state index in [1.165, 1.54) is 6.07 Å². The molecule has 1 aromatic carbocycles. The third-order valence-electron chi connectivity index (χ3n) is 5.69. The minimum Gasteiger partial charge on any atom is -0.377 e. The average molecular weight is 449 g/mol. The molecule has 3 aliphatic rings. The van der Waals surface area contributed by atoms with Crippen LogP contribution in [0.25, 0.3) is 11.4 Å². The van der Waals surface area contributed by atoms with Gasteiger partial charge in [-0.15, -0.1) is 12.4 Å². The molecular formula is C21H26ClFN6O2. The molecule has 1 aromatic heterocycles. The summed E-state index contributed by atoms with van der Waals surface area (Å²) < 4.78 is 20.5. The van der Waals surface area contributed by atoms with Crippen molar-refractivity contribution in [3.8, 4) is 11.4 Å². The largest absolute Gasteiger partial charge is 0.377 e. The van der Waals surface area contributed by atoms with Crippen molar-refractivity contribution in [2.24, 2.45) is 0 Å². The number of rotatable bonds is 4. The lowest BCUT2D eigenvalue weighted by Crippen LogP contribution is -2.44. The number of halogens is 2. The van der Waals surface area contributed by atoms with Crippen LogP contribution in [-0.2, 0) is 17.8 Å². The van der Waals surface area contributed by atoms with Crippen LogP contribution in [0.5, 0.6) is 0 Å². The minimum atomic E-state index is -0.467. The van der Waals surface area contributed by atoms with Crippen molar-refractivity contribution in [1.82, 2.24) is 20.6 Å². The molecule has 2 amide bonds. The molecule has 166 valence electrons. The number of nitrogens with zero attached hydrogens (tertiary/aromatic N) is 3. The Labute approximate surface area is 186 Å². The number of hydrogen-bond acceptors (Lipinski definition) is 6. The molecular weight excluding hydrogens is 423 g/mol. The monoisotopic (exact) mass is 448 g/mol. The van der Waals surface area contributed by atoms with E-state index in [2.05, 4.69) is 32.8 Å². The van der Waals surface area contributed by atoms with Gasteiger partial charge in [0.05, 0.1) is 30.5 Å². The summed E-state index contributed by atoms with van der Waals surface area (Å²) in [7, 11) is 0. The van der Waals surface area contributed by atoms with E-state index in [0.717, 1.165) is 36.5 Å². The van der Waals surface area contributed by atoms with Crippen molar-refractivity contribution in [3.63, 3.8) is 0 Å². The first-order valence-corrected chi connectivity index (χ1v) is 10.4. The van der Waals surface area contributed by atoms with E-state index in [4.69, 9.17) is 9.72 Å². The lowest BCUT2D eigenvalue weighted by molar-refractivity contribution is 0.0984. The molecule has 3 heterocycles. The Morgan fingerprint density at radius 2 is 2.13 bits per heavy atom. The number of anilines is 2. The predicted molar refractivity (Wildman–Crippen MR) is 118 cm³/mol. The van der Waals surface area contributed by atoms with E-state index in [9.17, 15) is 9.18 Å². The molecule has 0 bridgehead atoms. The lowest BCUT2D eigenvalue weighted by atomic mass is 10.1. The molecule has 10 heteroatoms. The maximum Gasteiger partial charge on any atom is 0.319 e. The van der Waals surface area contributed by atoms with E-state index in [1.54, 1.807) is 12.1 Å². The highest BCUT2D eigenvalue weighted by Gasteiger charge is 2.28. The van der Waals surface area contributed by atoms with Crippen molar-refractivity contribution in [2.75, 3.05) is 30.0 Å². The summed E-state index contributed by atoms with van der Waals surface area (Å²) in [5.74, 6) is 0.741. The van der Waals surface area contributed by atoms with Crippen molar-refractivity contribution < 1.29 is 13.9 Å².